The largest absolute Gasteiger partial charge is 0.370 e. The van der Waals surface area contributed by atoms with Gasteiger partial charge in [0.25, 0.3) is 0 Å². The average molecular weight is 374 g/mol. The highest BCUT2D eigenvalue weighted by molar-refractivity contribution is 5.92. The number of urea groups is 1. The predicted octanol–water partition coefficient (Wildman–Crippen LogP) is 4.66. The minimum absolute atomic E-state index is 0. The van der Waals surface area contributed by atoms with Crippen LogP contribution in [0.25, 0.3) is 0 Å². The lowest BCUT2D eigenvalue weighted by atomic mass is 10.2. The van der Waals surface area contributed by atoms with E-state index in [-0.39, 0.29) is 18.4 Å². The Balaban J connectivity index is 0.00000243. The van der Waals surface area contributed by atoms with Gasteiger partial charge in [-0.15, -0.1) is 12.4 Å². The molecule has 0 N–H and O–H groups in total. The maximum absolute atomic E-state index is 13.1. The zero-order valence-electron chi connectivity index (χ0n) is 15.5. The molecule has 0 bridgehead atoms. The molecule has 4 nitrogen and oxygen atoms in total. The highest BCUT2D eigenvalue weighted by atomic mass is 35.5. The second-order valence-corrected chi connectivity index (χ2v) is 6.60. The molecule has 2 aromatic rings. The Hall–Kier alpha value is -2.20. The molecule has 1 aliphatic rings. The van der Waals surface area contributed by atoms with Gasteiger partial charge in [-0.3, -0.25) is 4.90 Å². The number of halogens is 1. The minimum atomic E-state index is 0. The fraction of sp³-hybridized carbons (Fsp3) is 0.381. The van der Waals surface area contributed by atoms with Crippen LogP contribution in [0.15, 0.2) is 60.7 Å². The van der Waals surface area contributed by atoms with E-state index in [1.54, 1.807) is 0 Å². The molecule has 1 saturated heterocycles. The third kappa shape index (κ3) is 4.50. The number of nitrogens with zero attached hydrogens (tertiary/aromatic N) is 3. The van der Waals surface area contributed by atoms with Crippen LogP contribution in [-0.2, 0) is 0 Å². The average Bonchev–Trinajstić information content (AvgIpc) is 3.16. The van der Waals surface area contributed by atoms with Crippen LogP contribution in [0, 0.1) is 0 Å². The van der Waals surface area contributed by atoms with Gasteiger partial charge in [-0.25, -0.2) is 4.79 Å². The van der Waals surface area contributed by atoms with Crippen LogP contribution in [0.5, 0.6) is 0 Å². The molecule has 0 aromatic heterocycles. The third-order valence-electron chi connectivity index (χ3n) is 4.89. The lowest BCUT2D eigenvalue weighted by Crippen LogP contribution is -2.44. The molecule has 0 saturated carbocycles. The fourth-order valence-corrected chi connectivity index (χ4v) is 3.44. The Morgan fingerprint density at radius 3 is 2.19 bits per heavy atom. The highest BCUT2D eigenvalue weighted by Crippen LogP contribution is 2.24. The first kappa shape index (κ1) is 20.1. The first-order valence-electron chi connectivity index (χ1n) is 9.10. The first-order chi connectivity index (χ1) is 12.2. The number of benzene rings is 2. The third-order valence-corrected chi connectivity index (χ3v) is 4.89. The normalized spacial score (nSPS) is 16.1. The van der Waals surface area contributed by atoms with E-state index in [1.807, 2.05) is 46.2 Å². The fourth-order valence-electron chi connectivity index (χ4n) is 3.44. The highest BCUT2D eigenvalue weighted by Gasteiger charge is 2.31. The summed E-state index contributed by atoms with van der Waals surface area (Å²) in [5.41, 5.74) is 2.18. The standard InChI is InChI=1S/C21H27N3O.ClH/c1-3-15-24(19-12-8-5-9-13-19)21(25)23-16-14-20(17-23)22(2)18-10-6-4-7-11-18;/h4-13,20H,3,14-17H2,1-2H3;1H. The molecule has 5 heteroatoms. The van der Waals surface area contributed by atoms with E-state index >= 15 is 0 Å². The number of carbonyl (C=O) groups excluding carboxylic acids is 1. The SMILES string of the molecule is CCCN(C(=O)N1CCC(N(C)c2ccccc2)C1)c1ccccc1.Cl. The van der Waals surface area contributed by atoms with E-state index in [0.29, 0.717) is 6.04 Å². The molecule has 1 fully saturated rings. The monoisotopic (exact) mass is 373 g/mol. The number of hydrogen-bond donors (Lipinski definition) is 0. The summed E-state index contributed by atoms with van der Waals surface area (Å²) >= 11 is 0. The van der Waals surface area contributed by atoms with E-state index in [0.717, 1.165) is 38.2 Å². The van der Waals surface area contributed by atoms with Gasteiger partial charge < -0.3 is 9.80 Å². The molecule has 0 radical (unpaired) electrons. The Morgan fingerprint density at radius 2 is 1.62 bits per heavy atom. The van der Waals surface area contributed by atoms with Crippen molar-refractivity contribution in [1.82, 2.24) is 4.90 Å². The van der Waals surface area contributed by atoms with Crippen molar-refractivity contribution < 1.29 is 4.79 Å². The summed E-state index contributed by atoms with van der Waals surface area (Å²) < 4.78 is 0. The molecular weight excluding hydrogens is 346 g/mol. The lowest BCUT2D eigenvalue weighted by molar-refractivity contribution is 0.215. The Bertz CT molecular complexity index is 680. The van der Waals surface area contributed by atoms with Gasteiger partial charge in [0.15, 0.2) is 0 Å². The van der Waals surface area contributed by atoms with Gasteiger partial charge in [0.2, 0.25) is 0 Å². The number of amides is 2. The van der Waals surface area contributed by atoms with Gasteiger partial charge in [-0.05, 0) is 37.1 Å². The molecule has 26 heavy (non-hydrogen) atoms. The van der Waals surface area contributed by atoms with Gasteiger partial charge >= 0.3 is 6.03 Å². The van der Waals surface area contributed by atoms with Gasteiger partial charge in [0.1, 0.15) is 0 Å². The summed E-state index contributed by atoms with van der Waals surface area (Å²) in [6, 6.07) is 20.9. The number of hydrogen-bond acceptors (Lipinski definition) is 2. The van der Waals surface area contributed by atoms with Crippen molar-refractivity contribution in [1.29, 1.82) is 0 Å². The van der Waals surface area contributed by atoms with Crippen molar-refractivity contribution in [3.8, 4) is 0 Å². The van der Waals surface area contributed by atoms with Crippen molar-refractivity contribution in [2.75, 3.05) is 36.5 Å². The van der Waals surface area contributed by atoms with E-state index < -0.39 is 0 Å². The number of likely N-dealkylation sites (tertiary alicyclic amines) is 1. The van der Waals surface area contributed by atoms with E-state index in [2.05, 4.69) is 43.1 Å². The van der Waals surface area contributed by atoms with Crippen molar-refractivity contribution in [2.45, 2.75) is 25.8 Å². The molecule has 1 unspecified atom stereocenters. The van der Waals surface area contributed by atoms with Gasteiger partial charge in [-0.1, -0.05) is 43.3 Å². The molecule has 140 valence electrons. The van der Waals surface area contributed by atoms with Gasteiger partial charge in [0.05, 0.1) is 0 Å². The molecule has 1 aliphatic heterocycles. The molecular formula is C21H28ClN3O. The molecule has 1 heterocycles. The summed E-state index contributed by atoms with van der Waals surface area (Å²) in [5.74, 6) is 0. The molecule has 0 aliphatic carbocycles. The molecule has 2 aromatic carbocycles. The summed E-state index contributed by atoms with van der Waals surface area (Å²) in [6.07, 6.45) is 1.95. The van der Waals surface area contributed by atoms with Crippen LogP contribution in [0.1, 0.15) is 19.8 Å². The molecule has 1 atom stereocenters. The molecule has 2 amide bonds. The predicted molar refractivity (Wildman–Crippen MR) is 112 cm³/mol. The zero-order chi connectivity index (χ0) is 17.6. The smallest absolute Gasteiger partial charge is 0.324 e. The first-order valence-corrected chi connectivity index (χ1v) is 9.10. The number of likely N-dealkylation sites (N-methyl/N-ethyl adjacent to an activating group) is 1. The second-order valence-electron chi connectivity index (χ2n) is 6.60. The molecule has 3 rings (SSSR count). The quantitative estimate of drug-likeness (QED) is 0.762. The topological polar surface area (TPSA) is 26.8 Å². The Labute approximate surface area is 162 Å². The zero-order valence-corrected chi connectivity index (χ0v) is 16.4. The Morgan fingerprint density at radius 1 is 1.04 bits per heavy atom. The number of carbonyl (C=O) groups is 1. The molecule has 0 spiro atoms. The van der Waals surface area contributed by atoms with Crippen LogP contribution < -0.4 is 9.80 Å². The van der Waals surface area contributed by atoms with Crippen molar-refractivity contribution in [2.24, 2.45) is 0 Å². The number of anilines is 2. The summed E-state index contributed by atoms with van der Waals surface area (Å²) in [6.45, 7) is 4.45. The van der Waals surface area contributed by atoms with Crippen LogP contribution in [0.4, 0.5) is 16.2 Å². The van der Waals surface area contributed by atoms with E-state index in [9.17, 15) is 4.79 Å². The van der Waals surface area contributed by atoms with Crippen molar-refractivity contribution in [3.63, 3.8) is 0 Å². The van der Waals surface area contributed by atoms with E-state index in [1.165, 1.54) is 5.69 Å². The van der Waals surface area contributed by atoms with Crippen molar-refractivity contribution in [3.05, 3.63) is 60.7 Å². The second kappa shape index (κ2) is 9.48. The van der Waals surface area contributed by atoms with Crippen molar-refractivity contribution >= 4 is 29.8 Å². The van der Waals surface area contributed by atoms with Crippen LogP contribution >= 0.6 is 12.4 Å². The van der Waals surface area contributed by atoms with Crippen LogP contribution in [0.3, 0.4) is 0 Å². The minimum Gasteiger partial charge on any atom is -0.370 e. The van der Waals surface area contributed by atoms with Gasteiger partial charge in [0, 0.05) is 44.1 Å². The van der Waals surface area contributed by atoms with E-state index in [4.69, 9.17) is 0 Å². The summed E-state index contributed by atoms with van der Waals surface area (Å²) in [7, 11) is 2.12. The maximum atomic E-state index is 13.1. The lowest BCUT2D eigenvalue weighted by Gasteiger charge is -2.30. The summed E-state index contributed by atoms with van der Waals surface area (Å²) in [4.78, 5) is 19.3. The Kier molecular flexibility index (Phi) is 7.34. The van der Waals surface area contributed by atoms with Crippen LogP contribution in [-0.4, -0.2) is 43.7 Å². The van der Waals surface area contributed by atoms with Crippen LogP contribution in [0.2, 0.25) is 0 Å². The maximum Gasteiger partial charge on any atom is 0.324 e. The number of para-hydroxylation sites is 2. The number of rotatable bonds is 5. The van der Waals surface area contributed by atoms with Gasteiger partial charge in [-0.2, -0.15) is 0 Å². The summed E-state index contributed by atoms with van der Waals surface area (Å²) in [5, 5.41) is 0.